The zero-order chi connectivity index (χ0) is 10.1. The van der Waals surface area contributed by atoms with Crippen LogP contribution in [0, 0.1) is 0 Å². The maximum absolute atomic E-state index is 11.4. The van der Waals surface area contributed by atoms with Crippen LogP contribution < -0.4 is 11.3 Å². The lowest BCUT2D eigenvalue weighted by atomic mass is 10.2. The Morgan fingerprint density at radius 3 is 3.00 bits per heavy atom. The summed E-state index contributed by atoms with van der Waals surface area (Å²) in [6, 6.07) is 5.67. The summed E-state index contributed by atoms with van der Waals surface area (Å²) in [7, 11) is 0. The summed E-state index contributed by atoms with van der Waals surface area (Å²) in [5.41, 5.74) is 3.54. The van der Waals surface area contributed by atoms with Crippen LogP contribution in [-0.2, 0) is 0 Å². The lowest BCUT2D eigenvalue weighted by Crippen LogP contribution is -2.29. The zero-order valence-corrected chi connectivity index (χ0v) is 8.76. The molecule has 5 heteroatoms. The number of halogens is 1. The van der Waals surface area contributed by atoms with Gasteiger partial charge in [-0.2, -0.15) is 0 Å². The average Bonchev–Trinajstić information content (AvgIpc) is 2.62. The molecule has 0 atom stereocenters. The van der Waals surface area contributed by atoms with Crippen molar-refractivity contribution in [1.82, 2.24) is 10.4 Å². The van der Waals surface area contributed by atoms with Crippen molar-refractivity contribution in [3.05, 3.63) is 34.4 Å². The summed E-state index contributed by atoms with van der Waals surface area (Å²) in [6.45, 7) is 0. The van der Waals surface area contributed by atoms with Crippen molar-refractivity contribution in [2.24, 2.45) is 5.84 Å². The van der Waals surface area contributed by atoms with Gasteiger partial charge >= 0.3 is 0 Å². The summed E-state index contributed by atoms with van der Waals surface area (Å²) in [5.74, 6) is 4.77. The molecule has 0 unspecified atom stereocenters. The fraction of sp³-hybridized carbons (Fsp3) is 0. The number of aromatic nitrogens is 1. The first-order chi connectivity index (χ1) is 6.74. The molecule has 2 aromatic rings. The summed E-state index contributed by atoms with van der Waals surface area (Å²) >= 11 is 3.38. The lowest BCUT2D eigenvalue weighted by molar-refractivity contribution is 0.0955. The third-order valence-electron chi connectivity index (χ3n) is 2.03. The Bertz CT molecular complexity index is 492. The van der Waals surface area contributed by atoms with Crippen molar-refractivity contribution in [3.63, 3.8) is 0 Å². The van der Waals surface area contributed by atoms with Gasteiger partial charge in [0.05, 0.1) is 5.56 Å². The van der Waals surface area contributed by atoms with Gasteiger partial charge in [0.25, 0.3) is 5.91 Å². The summed E-state index contributed by atoms with van der Waals surface area (Å²) < 4.78 is 0.870. The molecule has 1 amide bonds. The van der Waals surface area contributed by atoms with Crippen molar-refractivity contribution >= 4 is 32.7 Å². The van der Waals surface area contributed by atoms with E-state index in [0.717, 1.165) is 15.4 Å². The second-order valence-corrected chi connectivity index (χ2v) is 3.69. The number of fused-ring (bicyclic) bond motifs is 1. The van der Waals surface area contributed by atoms with Crippen LogP contribution in [0.3, 0.4) is 0 Å². The Balaban J connectivity index is 2.73. The van der Waals surface area contributed by atoms with Crippen LogP contribution in [0.5, 0.6) is 0 Å². The van der Waals surface area contributed by atoms with Gasteiger partial charge in [-0.05, 0) is 12.1 Å². The second-order valence-electron chi connectivity index (χ2n) is 2.84. The Morgan fingerprint density at radius 2 is 2.29 bits per heavy atom. The Morgan fingerprint density at radius 1 is 1.50 bits per heavy atom. The van der Waals surface area contributed by atoms with Gasteiger partial charge in [0.2, 0.25) is 0 Å². The summed E-state index contributed by atoms with van der Waals surface area (Å²) in [5, 5.41) is 0.843. The van der Waals surface area contributed by atoms with E-state index in [0.29, 0.717) is 5.56 Å². The van der Waals surface area contributed by atoms with Crippen LogP contribution in [0.2, 0.25) is 0 Å². The number of rotatable bonds is 1. The molecule has 72 valence electrons. The van der Waals surface area contributed by atoms with Crippen LogP contribution in [0.15, 0.2) is 28.9 Å². The molecule has 0 aliphatic heterocycles. The fourth-order valence-electron chi connectivity index (χ4n) is 1.40. The van der Waals surface area contributed by atoms with Crippen LogP contribution >= 0.6 is 15.9 Å². The predicted molar refractivity (Wildman–Crippen MR) is 57.7 cm³/mol. The van der Waals surface area contributed by atoms with E-state index < -0.39 is 0 Å². The second kappa shape index (κ2) is 3.43. The summed E-state index contributed by atoms with van der Waals surface area (Å²) in [4.78, 5) is 14.4. The van der Waals surface area contributed by atoms with Crippen LogP contribution in [-0.4, -0.2) is 10.9 Å². The SMILES string of the molecule is NNC(=O)c1c[nH]c2cccc(Br)c12. The average molecular weight is 254 g/mol. The molecule has 4 nitrogen and oxygen atoms in total. The molecule has 1 aromatic heterocycles. The van der Waals surface area contributed by atoms with Crippen molar-refractivity contribution in [1.29, 1.82) is 0 Å². The lowest BCUT2D eigenvalue weighted by Gasteiger charge is -1.98. The minimum atomic E-state index is -0.303. The van der Waals surface area contributed by atoms with Gasteiger partial charge in [-0.25, -0.2) is 5.84 Å². The number of carbonyl (C=O) groups is 1. The molecule has 0 aliphatic rings. The standard InChI is InChI=1S/C9H8BrN3O/c10-6-2-1-3-7-8(6)5(4-12-7)9(14)13-11/h1-4,12H,11H2,(H,13,14). The van der Waals surface area contributed by atoms with Gasteiger partial charge in [0.15, 0.2) is 0 Å². The number of hydrogen-bond acceptors (Lipinski definition) is 2. The summed E-state index contributed by atoms with van der Waals surface area (Å²) in [6.07, 6.45) is 1.64. The number of aromatic amines is 1. The van der Waals surface area contributed by atoms with Crippen LogP contribution in [0.4, 0.5) is 0 Å². The van der Waals surface area contributed by atoms with E-state index in [9.17, 15) is 4.79 Å². The minimum Gasteiger partial charge on any atom is -0.360 e. The Labute approximate surface area is 88.6 Å². The van der Waals surface area contributed by atoms with Gasteiger partial charge < -0.3 is 4.98 Å². The molecular weight excluding hydrogens is 246 g/mol. The van der Waals surface area contributed by atoms with Crippen molar-refractivity contribution < 1.29 is 4.79 Å². The first kappa shape index (κ1) is 9.23. The molecule has 1 heterocycles. The molecule has 0 radical (unpaired) electrons. The van der Waals surface area contributed by atoms with Gasteiger partial charge in [-0.15, -0.1) is 0 Å². The number of benzene rings is 1. The van der Waals surface area contributed by atoms with E-state index in [2.05, 4.69) is 26.3 Å². The van der Waals surface area contributed by atoms with Crippen molar-refractivity contribution in [2.45, 2.75) is 0 Å². The zero-order valence-electron chi connectivity index (χ0n) is 7.17. The monoisotopic (exact) mass is 253 g/mol. The fourth-order valence-corrected chi connectivity index (χ4v) is 1.98. The van der Waals surface area contributed by atoms with Gasteiger partial charge in [-0.1, -0.05) is 22.0 Å². The van der Waals surface area contributed by atoms with Crippen molar-refractivity contribution in [3.8, 4) is 0 Å². The highest BCUT2D eigenvalue weighted by Crippen LogP contribution is 2.26. The molecule has 0 aliphatic carbocycles. The molecular formula is C9H8BrN3O. The highest BCUT2D eigenvalue weighted by Gasteiger charge is 2.12. The van der Waals surface area contributed by atoms with E-state index in [1.54, 1.807) is 6.20 Å². The topological polar surface area (TPSA) is 70.9 Å². The molecule has 14 heavy (non-hydrogen) atoms. The highest BCUT2D eigenvalue weighted by atomic mass is 79.9. The molecule has 0 spiro atoms. The number of hydrazine groups is 1. The maximum atomic E-state index is 11.4. The maximum Gasteiger partial charge on any atom is 0.267 e. The number of amides is 1. The van der Waals surface area contributed by atoms with Gasteiger partial charge in [-0.3, -0.25) is 10.2 Å². The number of nitrogens with one attached hydrogen (secondary N) is 2. The molecule has 0 fully saturated rings. The molecule has 1 aromatic carbocycles. The quantitative estimate of drug-likeness (QED) is 0.410. The number of nitrogen functional groups attached to an aromatic ring is 1. The van der Waals surface area contributed by atoms with E-state index in [-0.39, 0.29) is 5.91 Å². The largest absolute Gasteiger partial charge is 0.360 e. The third kappa shape index (κ3) is 1.30. The first-order valence-corrected chi connectivity index (χ1v) is 4.80. The number of nitrogens with two attached hydrogens (primary N) is 1. The van der Waals surface area contributed by atoms with Crippen molar-refractivity contribution in [2.75, 3.05) is 0 Å². The molecule has 4 N–H and O–H groups in total. The van der Waals surface area contributed by atoms with E-state index in [4.69, 9.17) is 5.84 Å². The molecule has 0 saturated carbocycles. The number of hydrogen-bond donors (Lipinski definition) is 3. The Kier molecular flexibility index (Phi) is 2.26. The predicted octanol–water partition coefficient (Wildman–Crippen LogP) is 1.53. The third-order valence-corrected chi connectivity index (χ3v) is 2.69. The number of H-pyrrole nitrogens is 1. The molecule has 2 rings (SSSR count). The van der Waals surface area contributed by atoms with Gasteiger partial charge in [0.1, 0.15) is 0 Å². The van der Waals surface area contributed by atoms with Crippen LogP contribution in [0.25, 0.3) is 10.9 Å². The van der Waals surface area contributed by atoms with E-state index >= 15 is 0 Å². The highest BCUT2D eigenvalue weighted by molar-refractivity contribution is 9.10. The van der Waals surface area contributed by atoms with Crippen LogP contribution in [0.1, 0.15) is 10.4 Å². The minimum absolute atomic E-state index is 0.303. The van der Waals surface area contributed by atoms with E-state index in [1.165, 1.54) is 0 Å². The Hall–Kier alpha value is -1.33. The number of carbonyl (C=O) groups excluding carboxylic acids is 1. The molecule has 0 saturated heterocycles. The smallest absolute Gasteiger partial charge is 0.267 e. The van der Waals surface area contributed by atoms with E-state index in [1.807, 2.05) is 18.2 Å². The first-order valence-electron chi connectivity index (χ1n) is 4.00. The molecule has 0 bridgehead atoms. The normalized spacial score (nSPS) is 10.4. The van der Waals surface area contributed by atoms with Gasteiger partial charge in [0, 0.05) is 21.6 Å².